The van der Waals surface area contributed by atoms with Crippen molar-refractivity contribution in [3.63, 3.8) is 0 Å². The maximum Gasteiger partial charge on any atom is 0.410 e. The molecule has 32 heavy (non-hydrogen) atoms. The van der Waals surface area contributed by atoms with Crippen molar-refractivity contribution in [2.24, 2.45) is 0 Å². The Labute approximate surface area is 184 Å². The molecule has 0 aliphatic carbocycles. The number of aliphatic hydroxyl groups is 1. The summed E-state index contributed by atoms with van der Waals surface area (Å²) in [5, 5.41) is 19.3. The fourth-order valence-corrected chi connectivity index (χ4v) is 4.30. The molecule has 168 valence electrons. The number of likely N-dealkylation sites (tertiary alicyclic amines) is 1. The zero-order valence-electron chi connectivity index (χ0n) is 16.8. The third kappa shape index (κ3) is 4.26. The van der Waals surface area contributed by atoms with Crippen LogP contribution in [0.3, 0.4) is 0 Å². The van der Waals surface area contributed by atoms with Crippen LogP contribution in [0, 0.1) is 24.4 Å². The zero-order chi connectivity index (χ0) is 23.0. The van der Waals surface area contributed by atoms with Crippen molar-refractivity contribution in [2.45, 2.75) is 26.1 Å². The first-order valence-corrected chi connectivity index (χ1v) is 10.5. The predicted octanol–water partition coefficient (Wildman–Crippen LogP) is 4.01. The predicted molar refractivity (Wildman–Crippen MR) is 109 cm³/mol. The highest BCUT2D eigenvalue weighted by Gasteiger charge is 2.26. The molecular formula is C21H18F3N3O4S. The van der Waals surface area contributed by atoms with E-state index in [1.165, 1.54) is 22.3 Å². The number of benzene rings is 1. The van der Waals surface area contributed by atoms with Crippen molar-refractivity contribution in [3.05, 3.63) is 52.4 Å². The van der Waals surface area contributed by atoms with Gasteiger partial charge in [-0.2, -0.15) is 4.39 Å². The minimum atomic E-state index is -1.68. The third-order valence-corrected chi connectivity index (χ3v) is 6.13. The van der Waals surface area contributed by atoms with Gasteiger partial charge in [-0.05, 0) is 31.5 Å². The molecule has 1 atom stereocenters. The summed E-state index contributed by atoms with van der Waals surface area (Å²) in [6.07, 6.45) is -0.578. The number of aromatic nitrogens is 2. The number of β-amino-alcohol motifs (C(OH)–C–C–N with tert-alkyl or cyclic N) is 1. The maximum absolute atomic E-state index is 14.3. The van der Waals surface area contributed by atoms with Crippen LogP contribution in [0.5, 0.6) is 5.75 Å². The average Bonchev–Trinajstić information content (AvgIpc) is 3.38. The lowest BCUT2D eigenvalue weighted by atomic mass is 10.1. The van der Waals surface area contributed by atoms with E-state index in [4.69, 9.17) is 4.74 Å². The van der Waals surface area contributed by atoms with Gasteiger partial charge < -0.3 is 19.8 Å². The standard InChI is InChI=1S/C21H18F3N3O4S/c1-10-20(32-16(25-10)9-31-21(30)27-6-5-11(28)8-27)15-4-2-3-14(26-15)12-7-13(22)19(29)18(24)17(12)23/h2-4,7,11,28-29H,5-6,8-9H2,1H3. The molecule has 2 N–H and O–H groups in total. The van der Waals surface area contributed by atoms with Crippen molar-refractivity contribution in [2.75, 3.05) is 13.1 Å². The smallest absolute Gasteiger partial charge is 0.410 e. The number of amides is 1. The Morgan fingerprint density at radius 1 is 1.25 bits per heavy atom. The Balaban J connectivity index is 1.55. The highest BCUT2D eigenvalue weighted by atomic mass is 32.1. The van der Waals surface area contributed by atoms with E-state index in [-0.39, 0.29) is 18.8 Å². The van der Waals surface area contributed by atoms with Gasteiger partial charge in [0.05, 0.1) is 28.1 Å². The zero-order valence-corrected chi connectivity index (χ0v) is 17.6. The van der Waals surface area contributed by atoms with E-state index in [2.05, 4.69) is 9.97 Å². The van der Waals surface area contributed by atoms with Gasteiger partial charge in [-0.15, -0.1) is 11.3 Å². The average molecular weight is 465 g/mol. The lowest BCUT2D eigenvalue weighted by molar-refractivity contribution is 0.0970. The Kier molecular flexibility index (Phi) is 6.02. The molecule has 3 heterocycles. The number of ether oxygens (including phenoxy) is 1. The van der Waals surface area contributed by atoms with E-state index in [0.717, 1.165) is 0 Å². The number of hydrogen-bond acceptors (Lipinski definition) is 7. The SMILES string of the molecule is Cc1nc(COC(=O)N2CCC(O)C2)sc1-c1cccc(-c2cc(F)c(O)c(F)c2F)n1. The van der Waals surface area contributed by atoms with Crippen LogP contribution in [-0.2, 0) is 11.3 Å². The molecule has 2 aromatic heterocycles. The fourth-order valence-electron chi connectivity index (χ4n) is 3.36. The number of carbonyl (C=O) groups is 1. The summed E-state index contributed by atoms with van der Waals surface area (Å²) in [6, 6.07) is 5.26. The first-order chi connectivity index (χ1) is 15.2. The van der Waals surface area contributed by atoms with Crippen LogP contribution in [0.4, 0.5) is 18.0 Å². The summed E-state index contributed by atoms with van der Waals surface area (Å²) in [5.74, 6) is -5.77. The number of aryl methyl sites for hydroxylation is 1. The first-order valence-electron chi connectivity index (χ1n) is 9.65. The first kappa shape index (κ1) is 22.0. The summed E-state index contributed by atoms with van der Waals surface area (Å²) < 4.78 is 47.0. The molecule has 1 saturated heterocycles. The van der Waals surface area contributed by atoms with Crippen molar-refractivity contribution in [1.82, 2.24) is 14.9 Å². The molecule has 11 heteroatoms. The molecule has 0 bridgehead atoms. The largest absolute Gasteiger partial charge is 0.503 e. The molecule has 0 radical (unpaired) electrons. The minimum absolute atomic E-state index is 0.0221. The number of rotatable bonds is 4. The van der Waals surface area contributed by atoms with Gasteiger partial charge in [0.2, 0.25) is 5.82 Å². The second-order valence-corrected chi connectivity index (χ2v) is 8.34. The molecule has 3 aromatic rings. The van der Waals surface area contributed by atoms with Crippen molar-refractivity contribution in [3.8, 4) is 27.6 Å². The van der Waals surface area contributed by atoms with E-state index < -0.39 is 41.0 Å². The van der Waals surface area contributed by atoms with E-state index >= 15 is 0 Å². The van der Waals surface area contributed by atoms with E-state index in [0.29, 0.717) is 40.3 Å². The van der Waals surface area contributed by atoms with Crippen LogP contribution in [0.1, 0.15) is 17.1 Å². The normalized spacial score (nSPS) is 15.9. The minimum Gasteiger partial charge on any atom is -0.503 e. The Bertz CT molecular complexity index is 1190. The van der Waals surface area contributed by atoms with E-state index in [1.807, 2.05) is 0 Å². The van der Waals surface area contributed by atoms with Gasteiger partial charge in [0.15, 0.2) is 17.4 Å². The number of thiazole rings is 1. The summed E-state index contributed by atoms with van der Waals surface area (Å²) in [5.41, 5.74) is 0.534. The van der Waals surface area contributed by atoms with Crippen molar-refractivity contribution < 1.29 is 32.9 Å². The quantitative estimate of drug-likeness (QED) is 0.566. The van der Waals surface area contributed by atoms with Crippen LogP contribution in [0.2, 0.25) is 0 Å². The Morgan fingerprint density at radius 2 is 2.00 bits per heavy atom. The van der Waals surface area contributed by atoms with Crippen molar-refractivity contribution >= 4 is 17.4 Å². The van der Waals surface area contributed by atoms with E-state index in [1.54, 1.807) is 19.1 Å². The molecule has 1 fully saturated rings. The fraction of sp³-hybridized carbons (Fsp3) is 0.286. The van der Waals surface area contributed by atoms with Gasteiger partial charge in [-0.3, -0.25) is 0 Å². The summed E-state index contributed by atoms with van der Waals surface area (Å²) >= 11 is 1.21. The topological polar surface area (TPSA) is 95.8 Å². The molecule has 1 aromatic carbocycles. The lowest BCUT2D eigenvalue weighted by Gasteiger charge is -2.14. The summed E-state index contributed by atoms with van der Waals surface area (Å²) in [4.78, 5) is 22.8. The van der Waals surface area contributed by atoms with Crippen LogP contribution in [-0.4, -0.2) is 50.4 Å². The summed E-state index contributed by atoms with van der Waals surface area (Å²) in [6.45, 7) is 2.31. The number of phenolic OH excluding ortho intramolecular Hbond substituents is 1. The third-order valence-electron chi connectivity index (χ3n) is 4.97. The molecular weight excluding hydrogens is 447 g/mol. The number of pyridine rings is 1. The van der Waals surface area contributed by atoms with Gasteiger partial charge >= 0.3 is 6.09 Å². The highest BCUT2D eigenvalue weighted by molar-refractivity contribution is 7.15. The number of phenols is 1. The summed E-state index contributed by atoms with van der Waals surface area (Å²) in [7, 11) is 0. The number of aromatic hydroxyl groups is 1. The van der Waals surface area contributed by atoms with Gasteiger partial charge in [-0.1, -0.05) is 6.07 Å². The molecule has 0 saturated carbocycles. The van der Waals surface area contributed by atoms with Crippen LogP contribution in [0.15, 0.2) is 24.3 Å². The number of carbonyl (C=O) groups excluding carboxylic acids is 1. The van der Waals surface area contributed by atoms with Gasteiger partial charge in [0.25, 0.3) is 0 Å². The maximum atomic E-state index is 14.3. The van der Waals surface area contributed by atoms with Crippen LogP contribution < -0.4 is 0 Å². The monoisotopic (exact) mass is 465 g/mol. The molecule has 1 aliphatic heterocycles. The Morgan fingerprint density at radius 3 is 2.72 bits per heavy atom. The molecule has 1 amide bonds. The van der Waals surface area contributed by atoms with Crippen LogP contribution in [0.25, 0.3) is 21.8 Å². The van der Waals surface area contributed by atoms with Crippen molar-refractivity contribution in [1.29, 1.82) is 0 Å². The number of aliphatic hydroxyl groups excluding tert-OH is 1. The highest BCUT2D eigenvalue weighted by Crippen LogP contribution is 2.34. The van der Waals surface area contributed by atoms with E-state index in [9.17, 15) is 28.2 Å². The lowest BCUT2D eigenvalue weighted by Crippen LogP contribution is -2.30. The molecule has 4 rings (SSSR count). The van der Waals surface area contributed by atoms with Crippen LogP contribution >= 0.6 is 11.3 Å². The second kappa shape index (κ2) is 8.75. The molecule has 1 aliphatic rings. The number of nitrogens with zero attached hydrogens (tertiary/aromatic N) is 3. The number of hydrogen-bond donors (Lipinski definition) is 2. The van der Waals surface area contributed by atoms with Gasteiger partial charge in [0.1, 0.15) is 11.6 Å². The Hall–Kier alpha value is -3.18. The van der Waals surface area contributed by atoms with Gasteiger partial charge in [-0.25, -0.2) is 23.5 Å². The molecule has 7 nitrogen and oxygen atoms in total. The second-order valence-electron chi connectivity index (χ2n) is 7.26. The number of halogens is 3. The molecule has 0 spiro atoms. The molecule has 1 unspecified atom stereocenters. The van der Waals surface area contributed by atoms with Gasteiger partial charge in [0, 0.05) is 18.7 Å².